The van der Waals surface area contributed by atoms with E-state index in [1.54, 1.807) is 13.0 Å². The Bertz CT molecular complexity index is 452. The van der Waals surface area contributed by atoms with Crippen molar-refractivity contribution in [3.8, 4) is 0 Å². The van der Waals surface area contributed by atoms with Gasteiger partial charge in [0.25, 0.3) is 0 Å². The third-order valence-electron chi connectivity index (χ3n) is 2.50. The van der Waals surface area contributed by atoms with Crippen LogP contribution in [0.3, 0.4) is 0 Å². The lowest BCUT2D eigenvalue weighted by Crippen LogP contribution is -2.13. The minimum atomic E-state index is -0.0878. The van der Waals surface area contributed by atoms with Gasteiger partial charge in [0.2, 0.25) is 5.78 Å². The summed E-state index contributed by atoms with van der Waals surface area (Å²) in [7, 11) is 0. The average molecular weight is 218 g/mol. The second-order valence-electron chi connectivity index (χ2n) is 3.87. The lowest BCUT2D eigenvalue weighted by Gasteiger charge is -2.14. The number of nitrogens with zero attached hydrogens (tertiary/aromatic N) is 2. The first-order chi connectivity index (χ1) is 7.68. The zero-order chi connectivity index (χ0) is 11.5. The molecule has 0 aromatic carbocycles. The van der Waals surface area contributed by atoms with Gasteiger partial charge in [-0.05, 0) is 38.8 Å². The first kappa shape index (κ1) is 10.8. The molecule has 84 valence electrons. The number of carbonyl (C=O) groups is 1. The van der Waals surface area contributed by atoms with Crippen LogP contribution < -0.4 is 0 Å². The van der Waals surface area contributed by atoms with E-state index in [-0.39, 0.29) is 5.78 Å². The van der Waals surface area contributed by atoms with Crippen LogP contribution in [0.5, 0.6) is 0 Å². The Kier molecular flexibility index (Phi) is 2.99. The number of rotatable bonds is 2. The molecule has 0 saturated carbocycles. The predicted octanol–water partition coefficient (Wildman–Crippen LogP) is 1.97. The van der Waals surface area contributed by atoms with Crippen LogP contribution in [0.25, 0.3) is 0 Å². The van der Waals surface area contributed by atoms with Crippen LogP contribution in [-0.4, -0.2) is 22.6 Å². The molecule has 0 saturated heterocycles. The number of allylic oxidation sites excluding steroid dienone is 2. The molecule has 0 bridgehead atoms. The highest BCUT2D eigenvalue weighted by molar-refractivity contribution is 6.08. The van der Waals surface area contributed by atoms with Crippen molar-refractivity contribution in [2.24, 2.45) is 0 Å². The van der Waals surface area contributed by atoms with Gasteiger partial charge in [-0.1, -0.05) is 0 Å². The number of carbonyl (C=O) groups excluding carboxylic acids is 1. The van der Waals surface area contributed by atoms with E-state index < -0.39 is 0 Å². The van der Waals surface area contributed by atoms with Gasteiger partial charge >= 0.3 is 0 Å². The van der Waals surface area contributed by atoms with Crippen molar-refractivity contribution >= 4 is 5.78 Å². The van der Waals surface area contributed by atoms with Crippen molar-refractivity contribution in [3.63, 3.8) is 0 Å². The summed E-state index contributed by atoms with van der Waals surface area (Å²) in [6.45, 7) is 4.22. The summed E-state index contributed by atoms with van der Waals surface area (Å²) < 4.78 is 5.35. The molecular weight excluding hydrogens is 204 g/mol. The molecule has 1 aliphatic rings. The maximum Gasteiger partial charge on any atom is 0.229 e. The molecule has 4 heteroatoms. The van der Waals surface area contributed by atoms with E-state index in [1.807, 2.05) is 13.0 Å². The molecule has 4 nitrogen and oxygen atoms in total. The molecule has 1 aromatic heterocycles. The van der Waals surface area contributed by atoms with Crippen LogP contribution >= 0.6 is 0 Å². The predicted molar refractivity (Wildman–Crippen MR) is 59.1 cm³/mol. The Balaban J connectivity index is 2.33. The molecular formula is C12H14N2O2. The summed E-state index contributed by atoms with van der Waals surface area (Å²) >= 11 is 0. The van der Waals surface area contributed by atoms with E-state index in [4.69, 9.17) is 4.74 Å². The SMILES string of the molecule is Cc1cc(C(=O)C2=CCCCO2)c(C)nn1. The molecule has 0 aliphatic carbocycles. The number of ketones is 1. The number of ether oxygens (including phenoxy) is 1. The van der Waals surface area contributed by atoms with Crippen molar-refractivity contribution in [1.82, 2.24) is 10.2 Å². The topological polar surface area (TPSA) is 52.1 Å². The maximum atomic E-state index is 12.1. The number of hydrogen-bond acceptors (Lipinski definition) is 4. The fourth-order valence-corrected chi connectivity index (χ4v) is 1.63. The Morgan fingerprint density at radius 2 is 2.19 bits per heavy atom. The molecule has 0 amide bonds. The number of aryl methyl sites for hydroxylation is 2. The van der Waals surface area contributed by atoms with Crippen LogP contribution in [0.1, 0.15) is 34.6 Å². The van der Waals surface area contributed by atoms with Crippen molar-refractivity contribution < 1.29 is 9.53 Å². The van der Waals surface area contributed by atoms with E-state index >= 15 is 0 Å². The van der Waals surface area contributed by atoms with Gasteiger partial charge in [-0.25, -0.2) is 0 Å². The largest absolute Gasteiger partial charge is 0.490 e. The fourth-order valence-electron chi connectivity index (χ4n) is 1.63. The average Bonchev–Trinajstić information content (AvgIpc) is 2.32. The zero-order valence-electron chi connectivity index (χ0n) is 9.49. The minimum absolute atomic E-state index is 0.0878. The third kappa shape index (κ3) is 2.10. The Morgan fingerprint density at radius 1 is 1.38 bits per heavy atom. The number of hydrogen-bond donors (Lipinski definition) is 0. The summed E-state index contributed by atoms with van der Waals surface area (Å²) in [5.74, 6) is 0.358. The van der Waals surface area contributed by atoms with Crippen LogP contribution in [-0.2, 0) is 4.74 Å². The van der Waals surface area contributed by atoms with Gasteiger partial charge in [-0.15, -0.1) is 0 Å². The lowest BCUT2D eigenvalue weighted by atomic mass is 10.1. The zero-order valence-corrected chi connectivity index (χ0v) is 9.49. The van der Waals surface area contributed by atoms with Gasteiger partial charge in [-0.2, -0.15) is 10.2 Å². The molecule has 0 atom stereocenters. The highest BCUT2D eigenvalue weighted by Crippen LogP contribution is 2.17. The Labute approximate surface area is 94.3 Å². The summed E-state index contributed by atoms with van der Waals surface area (Å²) in [4.78, 5) is 12.1. The lowest BCUT2D eigenvalue weighted by molar-refractivity contribution is 0.0897. The highest BCUT2D eigenvalue weighted by Gasteiger charge is 2.18. The van der Waals surface area contributed by atoms with Gasteiger partial charge in [0.1, 0.15) is 0 Å². The summed E-state index contributed by atoms with van der Waals surface area (Å²) in [5, 5.41) is 7.85. The van der Waals surface area contributed by atoms with E-state index in [0.29, 0.717) is 23.6 Å². The Morgan fingerprint density at radius 3 is 2.88 bits per heavy atom. The van der Waals surface area contributed by atoms with Gasteiger partial charge in [0, 0.05) is 0 Å². The molecule has 0 fully saturated rings. The van der Waals surface area contributed by atoms with Crippen LogP contribution in [0.4, 0.5) is 0 Å². The molecule has 16 heavy (non-hydrogen) atoms. The molecule has 1 aliphatic heterocycles. The number of aromatic nitrogens is 2. The normalized spacial score (nSPS) is 15.2. The second-order valence-corrected chi connectivity index (χ2v) is 3.87. The second kappa shape index (κ2) is 4.43. The first-order valence-electron chi connectivity index (χ1n) is 5.37. The molecule has 2 heterocycles. The fraction of sp³-hybridized carbons (Fsp3) is 0.417. The third-order valence-corrected chi connectivity index (χ3v) is 2.50. The van der Waals surface area contributed by atoms with Crippen LogP contribution in [0.15, 0.2) is 17.9 Å². The van der Waals surface area contributed by atoms with E-state index in [9.17, 15) is 4.79 Å². The van der Waals surface area contributed by atoms with E-state index in [2.05, 4.69) is 10.2 Å². The summed E-state index contributed by atoms with van der Waals surface area (Å²) in [6.07, 6.45) is 3.72. The van der Waals surface area contributed by atoms with Crippen LogP contribution in [0.2, 0.25) is 0 Å². The Hall–Kier alpha value is -1.71. The quantitative estimate of drug-likeness (QED) is 0.712. The smallest absolute Gasteiger partial charge is 0.229 e. The van der Waals surface area contributed by atoms with Gasteiger partial charge in [0.05, 0.1) is 23.6 Å². The molecule has 0 radical (unpaired) electrons. The first-order valence-corrected chi connectivity index (χ1v) is 5.37. The van der Waals surface area contributed by atoms with Gasteiger partial charge in [0.15, 0.2) is 5.76 Å². The highest BCUT2D eigenvalue weighted by atomic mass is 16.5. The van der Waals surface area contributed by atoms with Gasteiger partial charge < -0.3 is 4.74 Å². The van der Waals surface area contributed by atoms with Crippen LogP contribution in [0, 0.1) is 13.8 Å². The maximum absolute atomic E-state index is 12.1. The molecule has 1 aromatic rings. The standard InChI is InChI=1S/C12H14N2O2/c1-8-7-10(9(2)14-13-8)12(15)11-5-3-4-6-16-11/h5,7H,3-4,6H2,1-2H3. The van der Waals surface area contributed by atoms with Crippen molar-refractivity contribution in [3.05, 3.63) is 34.9 Å². The number of Topliss-reactive ketones (excluding diaryl/α,β-unsaturated/α-hetero) is 1. The van der Waals surface area contributed by atoms with E-state index in [1.165, 1.54) is 0 Å². The van der Waals surface area contributed by atoms with Crippen molar-refractivity contribution in [2.45, 2.75) is 26.7 Å². The monoisotopic (exact) mass is 218 g/mol. The summed E-state index contributed by atoms with van der Waals surface area (Å²) in [5.41, 5.74) is 1.97. The molecule has 0 N–H and O–H groups in total. The molecule has 2 rings (SSSR count). The molecule has 0 unspecified atom stereocenters. The summed E-state index contributed by atoms with van der Waals surface area (Å²) in [6, 6.07) is 1.75. The van der Waals surface area contributed by atoms with Crippen molar-refractivity contribution in [1.29, 1.82) is 0 Å². The van der Waals surface area contributed by atoms with Gasteiger partial charge in [-0.3, -0.25) is 4.79 Å². The minimum Gasteiger partial charge on any atom is -0.490 e. The van der Waals surface area contributed by atoms with Crippen molar-refractivity contribution in [2.75, 3.05) is 6.61 Å². The van der Waals surface area contributed by atoms with E-state index in [0.717, 1.165) is 18.5 Å². The molecule has 0 spiro atoms.